The Morgan fingerprint density at radius 3 is 2.65 bits per heavy atom. The van der Waals surface area contributed by atoms with E-state index in [1.165, 1.54) is 22.9 Å². The third kappa shape index (κ3) is 3.77. The number of rotatable bonds is 7. The van der Waals surface area contributed by atoms with Crippen molar-refractivity contribution in [3.8, 4) is 5.75 Å². The minimum Gasteiger partial charge on any atom is -0.494 e. The largest absolute Gasteiger partial charge is 0.494 e. The number of ether oxygens (including phenoxy) is 1. The van der Waals surface area contributed by atoms with Crippen LogP contribution in [0.1, 0.15) is 37.9 Å². The first-order chi connectivity index (χ1) is 12.4. The maximum Gasteiger partial charge on any atom is 0.120 e. The third-order valence-electron chi connectivity index (χ3n) is 5.94. The van der Waals surface area contributed by atoms with E-state index < -0.39 is 0 Å². The molecule has 0 saturated heterocycles. The van der Waals surface area contributed by atoms with E-state index in [9.17, 15) is 0 Å². The average Bonchev–Trinajstić information content (AvgIpc) is 2.92. The summed E-state index contributed by atoms with van der Waals surface area (Å²) in [4.78, 5) is 4.69. The molecule has 1 aromatic carbocycles. The van der Waals surface area contributed by atoms with Crippen molar-refractivity contribution in [2.24, 2.45) is 0 Å². The Morgan fingerprint density at radius 1 is 1.23 bits per heavy atom. The first-order valence-corrected chi connectivity index (χ1v) is 10.0. The molecule has 1 aromatic heterocycles. The van der Waals surface area contributed by atoms with Crippen molar-refractivity contribution in [3.05, 3.63) is 29.5 Å². The van der Waals surface area contributed by atoms with Crippen molar-refractivity contribution in [2.75, 3.05) is 34.8 Å². The fourth-order valence-corrected chi connectivity index (χ4v) is 4.00. The lowest BCUT2D eigenvalue weighted by Gasteiger charge is -2.30. The molecule has 0 amide bonds. The van der Waals surface area contributed by atoms with E-state index in [4.69, 9.17) is 4.74 Å². The quantitative estimate of drug-likeness (QED) is 0.752. The van der Waals surface area contributed by atoms with Crippen LogP contribution in [0.3, 0.4) is 0 Å². The van der Waals surface area contributed by atoms with Crippen LogP contribution in [0.25, 0.3) is 10.9 Å². The molecule has 1 aliphatic carbocycles. The van der Waals surface area contributed by atoms with Crippen LogP contribution in [-0.4, -0.2) is 61.2 Å². The number of fused-ring (bicyclic) bond motifs is 3. The lowest BCUT2D eigenvalue weighted by Crippen LogP contribution is -2.34. The number of benzene rings is 1. The molecule has 2 atom stereocenters. The zero-order valence-electron chi connectivity index (χ0n) is 17.4. The molecule has 144 valence electrons. The highest BCUT2D eigenvalue weighted by Gasteiger charge is 2.27. The molecule has 3 rings (SSSR count). The van der Waals surface area contributed by atoms with Gasteiger partial charge in [0.05, 0.1) is 6.61 Å². The standard InChI is InChI=1S/C22H35N3O/c1-7-12-26-18-9-11-22-20(14-18)19-13-17(24(5)6)8-10-21(19)25(22)15-16(2)23(3)4/h9,11,14,16-17H,7-8,10,12-13,15H2,1-6H3. The number of likely N-dealkylation sites (N-methyl/N-ethyl adjacent to an activating group) is 2. The molecule has 4 nitrogen and oxygen atoms in total. The van der Waals surface area contributed by atoms with Gasteiger partial charge in [0.2, 0.25) is 0 Å². The molecular weight excluding hydrogens is 322 g/mol. The number of aromatic nitrogens is 1. The second-order valence-corrected chi connectivity index (χ2v) is 8.24. The van der Waals surface area contributed by atoms with Crippen molar-refractivity contribution in [3.63, 3.8) is 0 Å². The van der Waals surface area contributed by atoms with Gasteiger partial charge < -0.3 is 19.1 Å². The molecule has 0 aliphatic heterocycles. The normalized spacial score (nSPS) is 18.5. The summed E-state index contributed by atoms with van der Waals surface area (Å²) in [5.74, 6) is 1.01. The average molecular weight is 358 g/mol. The molecule has 1 aliphatic rings. The SMILES string of the molecule is CCCOc1ccc2c(c1)c1c(n2CC(C)N(C)C)CCC(N(C)C)C1. The fraction of sp³-hybridized carbons (Fsp3) is 0.636. The van der Waals surface area contributed by atoms with Gasteiger partial charge in [-0.25, -0.2) is 0 Å². The predicted molar refractivity (Wildman–Crippen MR) is 110 cm³/mol. The predicted octanol–water partition coefficient (Wildman–Crippen LogP) is 3.80. The molecule has 4 heteroatoms. The van der Waals surface area contributed by atoms with Crippen molar-refractivity contribution < 1.29 is 4.74 Å². The molecule has 26 heavy (non-hydrogen) atoms. The highest BCUT2D eigenvalue weighted by molar-refractivity contribution is 5.87. The van der Waals surface area contributed by atoms with Crippen LogP contribution in [-0.2, 0) is 19.4 Å². The van der Waals surface area contributed by atoms with E-state index in [0.717, 1.165) is 38.2 Å². The van der Waals surface area contributed by atoms with Crippen LogP contribution in [0.2, 0.25) is 0 Å². The van der Waals surface area contributed by atoms with Gasteiger partial charge in [-0.05, 0) is 84.6 Å². The maximum absolute atomic E-state index is 5.93. The van der Waals surface area contributed by atoms with Crippen LogP contribution >= 0.6 is 0 Å². The Hall–Kier alpha value is -1.52. The molecule has 0 saturated carbocycles. The van der Waals surface area contributed by atoms with E-state index in [0.29, 0.717) is 12.1 Å². The Bertz CT molecular complexity index is 747. The highest BCUT2D eigenvalue weighted by Crippen LogP contribution is 2.35. The summed E-state index contributed by atoms with van der Waals surface area (Å²) in [6.45, 7) is 6.29. The van der Waals surface area contributed by atoms with E-state index >= 15 is 0 Å². The summed E-state index contributed by atoms with van der Waals surface area (Å²) < 4.78 is 8.50. The molecule has 0 radical (unpaired) electrons. The number of hydrogen-bond donors (Lipinski definition) is 0. The van der Waals surface area contributed by atoms with Crippen LogP contribution in [0, 0.1) is 0 Å². The van der Waals surface area contributed by atoms with Gasteiger partial charge in [0.25, 0.3) is 0 Å². The monoisotopic (exact) mass is 357 g/mol. The van der Waals surface area contributed by atoms with Crippen molar-refractivity contribution in [1.82, 2.24) is 14.4 Å². The van der Waals surface area contributed by atoms with E-state index in [-0.39, 0.29) is 0 Å². The van der Waals surface area contributed by atoms with Gasteiger partial charge in [0.1, 0.15) is 5.75 Å². The summed E-state index contributed by atoms with van der Waals surface area (Å²) >= 11 is 0. The topological polar surface area (TPSA) is 20.6 Å². The molecule has 0 bridgehead atoms. The van der Waals surface area contributed by atoms with Gasteiger partial charge in [0, 0.05) is 35.2 Å². The van der Waals surface area contributed by atoms with Gasteiger partial charge in [0.15, 0.2) is 0 Å². The smallest absolute Gasteiger partial charge is 0.120 e. The first-order valence-electron chi connectivity index (χ1n) is 10.0. The van der Waals surface area contributed by atoms with E-state index in [2.05, 4.69) is 74.6 Å². The van der Waals surface area contributed by atoms with E-state index in [1.54, 1.807) is 5.69 Å². The molecule has 0 N–H and O–H groups in total. The highest BCUT2D eigenvalue weighted by atomic mass is 16.5. The molecular formula is C22H35N3O. The second-order valence-electron chi connectivity index (χ2n) is 8.24. The summed E-state index contributed by atoms with van der Waals surface area (Å²) in [6.07, 6.45) is 4.59. The van der Waals surface area contributed by atoms with Crippen molar-refractivity contribution in [2.45, 2.75) is 58.2 Å². The molecule has 1 heterocycles. The summed E-state index contributed by atoms with van der Waals surface area (Å²) in [6, 6.07) is 7.83. The number of hydrogen-bond acceptors (Lipinski definition) is 3. The van der Waals surface area contributed by atoms with Crippen LogP contribution in [0.4, 0.5) is 0 Å². The zero-order chi connectivity index (χ0) is 18.8. The van der Waals surface area contributed by atoms with E-state index in [1.807, 2.05) is 0 Å². The van der Waals surface area contributed by atoms with Crippen molar-refractivity contribution in [1.29, 1.82) is 0 Å². The lowest BCUT2D eigenvalue weighted by molar-refractivity contribution is 0.260. The Morgan fingerprint density at radius 2 is 2.00 bits per heavy atom. The maximum atomic E-state index is 5.93. The summed E-state index contributed by atoms with van der Waals surface area (Å²) in [5.41, 5.74) is 4.45. The Labute approximate surface area is 158 Å². The van der Waals surface area contributed by atoms with Crippen LogP contribution in [0.15, 0.2) is 18.2 Å². The first kappa shape index (κ1) is 19.2. The fourth-order valence-electron chi connectivity index (χ4n) is 4.00. The second kappa shape index (κ2) is 8.01. The Balaban J connectivity index is 2.06. The van der Waals surface area contributed by atoms with Gasteiger partial charge in [-0.1, -0.05) is 6.92 Å². The van der Waals surface area contributed by atoms with Gasteiger partial charge >= 0.3 is 0 Å². The third-order valence-corrected chi connectivity index (χ3v) is 5.94. The van der Waals surface area contributed by atoms with Gasteiger partial charge in [-0.15, -0.1) is 0 Å². The Kier molecular flexibility index (Phi) is 5.93. The molecule has 2 aromatic rings. The minimum atomic E-state index is 0.511. The summed E-state index contributed by atoms with van der Waals surface area (Å²) in [5, 5.41) is 1.39. The zero-order valence-corrected chi connectivity index (χ0v) is 17.4. The van der Waals surface area contributed by atoms with Gasteiger partial charge in [-0.3, -0.25) is 0 Å². The minimum absolute atomic E-state index is 0.511. The van der Waals surface area contributed by atoms with Crippen LogP contribution < -0.4 is 4.74 Å². The van der Waals surface area contributed by atoms with Crippen LogP contribution in [0.5, 0.6) is 5.75 Å². The molecule has 0 fully saturated rings. The number of nitrogens with zero attached hydrogens (tertiary/aromatic N) is 3. The summed E-state index contributed by atoms with van der Waals surface area (Å²) in [7, 11) is 8.75. The van der Waals surface area contributed by atoms with Gasteiger partial charge in [-0.2, -0.15) is 0 Å². The lowest BCUT2D eigenvalue weighted by atomic mass is 9.90. The molecule has 0 spiro atoms. The molecule has 2 unspecified atom stereocenters. The van der Waals surface area contributed by atoms with Crippen molar-refractivity contribution >= 4 is 10.9 Å².